The van der Waals surface area contributed by atoms with Crippen LogP contribution in [-0.2, 0) is 22.8 Å². The number of nitrogens with one attached hydrogen (secondary N) is 1. The highest BCUT2D eigenvalue weighted by Crippen LogP contribution is 2.26. The molecule has 3 rings (SSSR count). The number of hydrogen-bond donors (Lipinski definition) is 2. The fraction of sp³-hybridized carbons (Fsp3) is 0.182. The largest absolute Gasteiger partial charge is 0.478 e. The Kier molecular flexibility index (Phi) is 9.25. The second-order valence-corrected chi connectivity index (χ2v) is 9.50. The van der Waals surface area contributed by atoms with Crippen molar-refractivity contribution in [1.29, 1.82) is 0 Å². The predicted octanol–water partition coefficient (Wildman–Crippen LogP) is 5.63. The number of carboxylic acid groups (broad SMARTS) is 1. The molecule has 0 aliphatic carbocycles. The number of anilines is 1. The lowest BCUT2D eigenvalue weighted by Gasteiger charge is -2.08. The molecule has 0 aliphatic heterocycles. The molecule has 33 heavy (non-hydrogen) atoms. The summed E-state index contributed by atoms with van der Waals surface area (Å²) in [5, 5.41) is 21.9. The summed E-state index contributed by atoms with van der Waals surface area (Å²) < 4.78 is 1.93. The Morgan fingerprint density at radius 3 is 2.52 bits per heavy atom. The molecule has 7 nitrogen and oxygen atoms in total. The normalized spacial score (nSPS) is 10.7. The summed E-state index contributed by atoms with van der Waals surface area (Å²) in [4.78, 5) is 23.2. The van der Waals surface area contributed by atoms with Crippen LogP contribution in [0.5, 0.6) is 0 Å². The minimum atomic E-state index is -1.02. The summed E-state index contributed by atoms with van der Waals surface area (Å²) in [5.74, 6) is 1.04. The third-order valence-electron chi connectivity index (χ3n) is 4.34. The first-order valence-electron chi connectivity index (χ1n) is 9.68. The van der Waals surface area contributed by atoms with Gasteiger partial charge in [0.05, 0.1) is 27.1 Å². The highest BCUT2D eigenvalue weighted by atomic mass is 35.5. The van der Waals surface area contributed by atoms with Crippen molar-refractivity contribution >= 4 is 64.3 Å². The molecule has 0 saturated heterocycles. The molecule has 0 atom stereocenters. The number of allylic oxidation sites excluding steroid dienone is 1. The molecule has 2 aromatic carbocycles. The minimum absolute atomic E-state index is 0.131. The van der Waals surface area contributed by atoms with Crippen LogP contribution >= 0.6 is 46.7 Å². The van der Waals surface area contributed by atoms with Gasteiger partial charge in [-0.15, -0.1) is 28.5 Å². The molecule has 0 fully saturated rings. The molecule has 0 aliphatic rings. The zero-order chi connectivity index (χ0) is 23.8. The van der Waals surface area contributed by atoms with Crippen LogP contribution in [0.2, 0.25) is 10.0 Å². The van der Waals surface area contributed by atoms with E-state index >= 15 is 0 Å². The number of carbonyl (C=O) groups excluding carboxylic acids is 1. The Balaban J connectivity index is 1.55. The van der Waals surface area contributed by atoms with E-state index in [1.807, 2.05) is 16.7 Å². The van der Waals surface area contributed by atoms with Gasteiger partial charge in [0.1, 0.15) is 5.82 Å². The van der Waals surface area contributed by atoms with Crippen LogP contribution < -0.4 is 5.32 Å². The molecule has 11 heteroatoms. The highest BCUT2D eigenvalue weighted by molar-refractivity contribution is 7.99. The molecule has 2 N–H and O–H groups in total. The fourth-order valence-electron chi connectivity index (χ4n) is 2.76. The number of carbonyl (C=O) groups is 2. The molecule has 1 heterocycles. The molecule has 172 valence electrons. The Morgan fingerprint density at radius 2 is 1.85 bits per heavy atom. The second kappa shape index (κ2) is 12.1. The molecule has 0 spiro atoms. The van der Waals surface area contributed by atoms with Gasteiger partial charge in [0.2, 0.25) is 5.91 Å². The van der Waals surface area contributed by atoms with E-state index in [2.05, 4.69) is 22.1 Å². The summed E-state index contributed by atoms with van der Waals surface area (Å²) in [6.45, 7) is 4.32. The van der Waals surface area contributed by atoms with Crippen molar-refractivity contribution in [3.8, 4) is 0 Å². The van der Waals surface area contributed by atoms with E-state index in [1.165, 1.54) is 23.9 Å². The number of nitrogens with zero attached hydrogens (tertiary/aromatic N) is 3. The smallest absolute Gasteiger partial charge is 0.335 e. The molecule has 1 aromatic heterocycles. The average molecular weight is 523 g/mol. The molecular formula is C22H20Cl2N4O3S2. The van der Waals surface area contributed by atoms with Crippen molar-refractivity contribution in [2.45, 2.75) is 23.2 Å². The number of amides is 1. The Morgan fingerprint density at radius 1 is 1.09 bits per heavy atom. The van der Waals surface area contributed by atoms with E-state index < -0.39 is 5.97 Å². The molecule has 0 bridgehead atoms. The van der Waals surface area contributed by atoms with Gasteiger partial charge in [-0.25, -0.2) is 4.79 Å². The summed E-state index contributed by atoms with van der Waals surface area (Å²) >= 11 is 15.0. The zero-order valence-electron chi connectivity index (χ0n) is 17.3. The van der Waals surface area contributed by atoms with Gasteiger partial charge in [-0.05, 0) is 42.0 Å². The molecule has 0 radical (unpaired) electrons. The third kappa shape index (κ3) is 7.26. The molecule has 1 amide bonds. The monoisotopic (exact) mass is 522 g/mol. The van der Waals surface area contributed by atoms with Crippen molar-refractivity contribution in [2.24, 2.45) is 0 Å². The van der Waals surface area contributed by atoms with Crippen LogP contribution in [0.4, 0.5) is 5.69 Å². The maximum Gasteiger partial charge on any atom is 0.335 e. The van der Waals surface area contributed by atoms with Gasteiger partial charge < -0.3 is 15.0 Å². The van der Waals surface area contributed by atoms with E-state index in [0.717, 1.165) is 17.1 Å². The van der Waals surface area contributed by atoms with E-state index in [-0.39, 0.29) is 17.2 Å². The lowest BCUT2D eigenvalue weighted by atomic mass is 10.2. The summed E-state index contributed by atoms with van der Waals surface area (Å²) in [6.07, 6.45) is 1.75. The van der Waals surface area contributed by atoms with Gasteiger partial charge >= 0.3 is 5.97 Å². The molecule has 0 unspecified atom stereocenters. The van der Waals surface area contributed by atoms with E-state index in [4.69, 9.17) is 28.3 Å². The van der Waals surface area contributed by atoms with Crippen molar-refractivity contribution < 1.29 is 14.7 Å². The number of halogens is 2. The van der Waals surface area contributed by atoms with Gasteiger partial charge in [0.15, 0.2) is 5.16 Å². The van der Waals surface area contributed by atoms with Crippen molar-refractivity contribution in [2.75, 3.05) is 11.1 Å². The highest BCUT2D eigenvalue weighted by Gasteiger charge is 2.14. The first-order chi connectivity index (χ1) is 15.9. The van der Waals surface area contributed by atoms with Crippen LogP contribution in [0.3, 0.4) is 0 Å². The number of rotatable bonds is 11. The first kappa shape index (κ1) is 25.2. The van der Waals surface area contributed by atoms with Crippen LogP contribution in [-0.4, -0.2) is 37.5 Å². The SMILES string of the molecule is C=CCn1c(CSCc2ccc(Cl)c(Cl)c2)nnc1SCC(=O)Nc1ccc(C(=O)O)cc1. The number of aromatic carboxylic acids is 1. The topological polar surface area (TPSA) is 97.1 Å². The van der Waals surface area contributed by atoms with Crippen LogP contribution in [0.15, 0.2) is 60.3 Å². The van der Waals surface area contributed by atoms with E-state index in [9.17, 15) is 9.59 Å². The van der Waals surface area contributed by atoms with E-state index in [0.29, 0.717) is 33.2 Å². The zero-order valence-corrected chi connectivity index (χ0v) is 20.5. The maximum absolute atomic E-state index is 12.3. The second-order valence-electron chi connectivity index (χ2n) is 6.76. The molecule has 3 aromatic rings. The fourth-order valence-corrected chi connectivity index (χ4v) is 4.76. The standard InChI is InChI=1S/C22H20Cl2N4O3S2/c1-2-9-28-19(12-32-11-14-3-8-17(23)18(24)10-14)26-27-22(28)33-13-20(29)25-16-6-4-15(5-7-16)21(30)31/h2-8,10H,1,9,11-13H2,(H,25,29)(H,30,31). The average Bonchev–Trinajstić information content (AvgIpc) is 3.17. The number of hydrogen-bond acceptors (Lipinski definition) is 6. The molecule has 0 saturated carbocycles. The quantitative estimate of drug-likeness (QED) is 0.248. The van der Waals surface area contributed by atoms with Gasteiger partial charge in [0.25, 0.3) is 0 Å². The lowest BCUT2D eigenvalue weighted by Crippen LogP contribution is -2.15. The number of benzene rings is 2. The third-order valence-corrected chi connectivity index (χ3v) is 7.04. The maximum atomic E-state index is 12.3. The minimum Gasteiger partial charge on any atom is -0.478 e. The van der Waals surface area contributed by atoms with Gasteiger partial charge in [0, 0.05) is 18.0 Å². The van der Waals surface area contributed by atoms with Crippen molar-refractivity contribution in [3.63, 3.8) is 0 Å². The van der Waals surface area contributed by atoms with Crippen LogP contribution in [0.1, 0.15) is 21.7 Å². The van der Waals surface area contributed by atoms with Gasteiger partial charge in [-0.1, -0.05) is 47.1 Å². The number of carboxylic acids is 1. The predicted molar refractivity (Wildman–Crippen MR) is 134 cm³/mol. The van der Waals surface area contributed by atoms with E-state index in [1.54, 1.807) is 36.0 Å². The Bertz CT molecular complexity index is 1150. The van der Waals surface area contributed by atoms with Crippen molar-refractivity contribution in [1.82, 2.24) is 14.8 Å². The van der Waals surface area contributed by atoms with Crippen LogP contribution in [0, 0.1) is 0 Å². The van der Waals surface area contributed by atoms with Crippen molar-refractivity contribution in [3.05, 3.63) is 82.1 Å². The first-order valence-corrected chi connectivity index (χ1v) is 12.6. The van der Waals surface area contributed by atoms with Gasteiger partial charge in [-0.2, -0.15) is 0 Å². The summed E-state index contributed by atoms with van der Waals surface area (Å²) in [6, 6.07) is 11.5. The Labute approximate surface area is 209 Å². The van der Waals surface area contributed by atoms with Gasteiger partial charge in [-0.3, -0.25) is 4.79 Å². The number of aromatic nitrogens is 3. The summed E-state index contributed by atoms with van der Waals surface area (Å²) in [7, 11) is 0. The lowest BCUT2D eigenvalue weighted by molar-refractivity contribution is -0.113. The molecular weight excluding hydrogens is 503 g/mol. The number of thioether (sulfide) groups is 2. The summed E-state index contributed by atoms with van der Waals surface area (Å²) in [5.41, 5.74) is 1.74. The Hall–Kier alpha value is -2.46. The van der Waals surface area contributed by atoms with Crippen LogP contribution in [0.25, 0.3) is 0 Å².